The van der Waals surface area contributed by atoms with Gasteiger partial charge in [0.25, 0.3) is 0 Å². The molecule has 0 aromatic rings. The van der Waals surface area contributed by atoms with E-state index >= 15 is 0 Å². The predicted molar refractivity (Wildman–Crippen MR) is 173 cm³/mol. The van der Waals surface area contributed by atoms with Crippen LogP contribution in [-0.4, -0.2) is 88.3 Å². The van der Waals surface area contributed by atoms with Crippen LogP contribution in [0.1, 0.15) is 143 Å². The Labute approximate surface area is 266 Å². The van der Waals surface area contributed by atoms with Crippen LogP contribution in [0.3, 0.4) is 0 Å². The highest BCUT2D eigenvalue weighted by molar-refractivity contribution is 5.82. The van der Waals surface area contributed by atoms with E-state index in [2.05, 4.69) is 36.3 Å². The van der Waals surface area contributed by atoms with E-state index < -0.39 is 0 Å². The molecule has 0 radical (unpaired) electrons. The van der Waals surface area contributed by atoms with Crippen LogP contribution < -0.4 is 15.5 Å². The molecule has 9 nitrogen and oxygen atoms in total. The molecular weight excluding hydrogens is 552 g/mol. The first-order chi connectivity index (χ1) is 21.4. The third-order valence-corrected chi connectivity index (χ3v) is 12.2. The van der Waals surface area contributed by atoms with E-state index in [0.717, 1.165) is 63.7 Å². The monoisotopic (exact) mass is 615 g/mol. The van der Waals surface area contributed by atoms with Crippen LogP contribution in [0.25, 0.3) is 0 Å². The van der Waals surface area contributed by atoms with E-state index in [1.54, 1.807) is 4.90 Å². The third kappa shape index (κ3) is 7.11. The van der Waals surface area contributed by atoms with E-state index in [0.29, 0.717) is 42.9 Å². The van der Waals surface area contributed by atoms with Gasteiger partial charge in [-0.1, -0.05) is 64.7 Å². The lowest BCUT2D eigenvalue weighted by Gasteiger charge is -2.49. The molecule has 6 aliphatic rings. The maximum Gasteiger partial charge on any atom is 0.316 e. The Kier molecular flexibility index (Phi) is 11.1. The molecule has 0 bridgehead atoms. The van der Waals surface area contributed by atoms with Crippen molar-refractivity contribution in [2.24, 2.45) is 10.9 Å². The van der Waals surface area contributed by atoms with Crippen molar-refractivity contribution in [3.8, 4) is 0 Å². The van der Waals surface area contributed by atoms with Crippen molar-refractivity contribution >= 4 is 11.9 Å². The van der Waals surface area contributed by atoms with E-state index in [4.69, 9.17) is 9.73 Å². The zero-order chi connectivity index (χ0) is 30.6. The van der Waals surface area contributed by atoms with Gasteiger partial charge in [-0.3, -0.25) is 20.6 Å². The summed E-state index contributed by atoms with van der Waals surface area (Å²) in [4.78, 5) is 22.2. The number of guanidine groups is 1. The average Bonchev–Trinajstić information content (AvgIpc) is 3.61. The van der Waals surface area contributed by atoms with Crippen LogP contribution in [-0.2, 0) is 9.53 Å². The number of nitrogens with zero attached hydrogens (tertiary/aromatic N) is 3. The number of hydroxylamine groups is 2. The van der Waals surface area contributed by atoms with Gasteiger partial charge in [-0.15, -0.1) is 0 Å². The number of hydrogen-bond donors (Lipinski definition) is 4. The Hall–Kier alpha value is -1.42. The Bertz CT molecular complexity index is 980. The minimum atomic E-state index is -0.0432. The number of carbonyl (C=O) groups is 1. The molecule has 0 aromatic carbocycles. The molecular formula is C35H63N6O3+. The number of carbonyl (C=O) groups excluding carboxylic acids is 1. The molecule has 5 fully saturated rings. The van der Waals surface area contributed by atoms with E-state index in [9.17, 15) is 10.0 Å². The lowest BCUT2D eigenvalue weighted by atomic mass is 9.88. The summed E-state index contributed by atoms with van der Waals surface area (Å²) >= 11 is 0. The third-order valence-electron chi connectivity index (χ3n) is 12.2. The number of rotatable bonds is 15. The summed E-state index contributed by atoms with van der Waals surface area (Å²) in [5, 5.41) is 20.2. The zero-order valence-electron chi connectivity index (χ0n) is 28.0. The summed E-state index contributed by atoms with van der Waals surface area (Å²) in [6, 6.07) is 3.44. The summed E-state index contributed by atoms with van der Waals surface area (Å²) in [5.74, 6) is 0.817. The van der Waals surface area contributed by atoms with Crippen molar-refractivity contribution in [1.29, 1.82) is 0 Å². The number of quaternary nitrogens is 1. The Balaban J connectivity index is 0.864. The summed E-state index contributed by atoms with van der Waals surface area (Å²) in [6.45, 7) is 7.19. The first-order valence-electron chi connectivity index (χ1n) is 18.8. The second-order valence-corrected chi connectivity index (χ2v) is 15.4. The molecule has 9 heteroatoms. The molecule has 6 rings (SSSR count). The van der Waals surface area contributed by atoms with Crippen LogP contribution in [0, 0.1) is 5.92 Å². The van der Waals surface area contributed by atoms with Gasteiger partial charge in [0.05, 0.1) is 24.7 Å². The van der Waals surface area contributed by atoms with E-state index in [-0.39, 0.29) is 30.3 Å². The molecule has 11 atom stereocenters. The van der Waals surface area contributed by atoms with Gasteiger partial charge >= 0.3 is 5.97 Å². The van der Waals surface area contributed by atoms with Gasteiger partial charge in [0.2, 0.25) is 5.96 Å². The highest BCUT2D eigenvalue weighted by Gasteiger charge is 2.56. The molecule has 250 valence electrons. The molecule has 0 saturated carbocycles. The minimum absolute atomic E-state index is 0.0168. The fraction of sp³-hybridized carbons (Fsp3) is 0.943. The number of ether oxygens (including phenoxy) is 1. The van der Waals surface area contributed by atoms with Crippen molar-refractivity contribution in [1.82, 2.24) is 20.6 Å². The summed E-state index contributed by atoms with van der Waals surface area (Å²) in [7, 11) is 0. The lowest BCUT2D eigenvalue weighted by Crippen LogP contribution is -3.27. The molecule has 4 N–H and O–H groups in total. The first-order valence-corrected chi connectivity index (χ1v) is 18.8. The first kappa shape index (κ1) is 32.5. The quantitative estimate of drug-likeness (QED) is 0.161. The average molecular weight is 616 g/mol. The highest BCUT2D eigenvalue weighted by atomic mass is 16.5. The minimum Gasteiger partial charge on any atom is -0.465 e. The highest BCUT2D eigenvalue weighted by Crippen LogP contribution is 2.39. The van der Waals surface area contributed by atoms with Crippen LogP contribution >= 0.6 is 0 Å². The summed E-state index contributed by atoms with van der Waals surface area (Å²) in [5.41, 5.74) is 0. The van der Waals surface area contributed by atoms with Gasteiger partial charge in [0, 0.05) is 43.4 Å². The fourth-order valence-electron chi connectivity index (χ4n) is 10.0. The van der Waals surface area contributed by atoms with Crippen molar-refractivity contribution < 1.29 is 19.6 Å². The SMILES string of the molecule is CCCCCCC[C@H]1C[C@H]2CCC3C(C(=O)OCCCCCCC[C@H]4C[C@H]5CC[C@@H]6C[C@H](C)N=C(N4O)N56)C(C)NC(N1)[NH+]32. The van der Waals surface area contributed by atoms with Crippen molar-refractivity contribution in [3.05, 3.63) is 0 Å². The fourth-order valence-corrected chi connectivity index (χ4v) is 10.0. The molecule has 0 spiro atoms. The summed E-state index contributed by atoms with van der Waals surface area (Å²) in [6.07, 6.45) is 23.1. The molecule has 6 heterocycles. The Morgan fingerprint density at radius 3 is 2.45 bits per heavy atom. The second kappa shape index (κ2) is 15.0. The van der Waals surface area contributed by atoms with Crippen LogP contribution in [0.2, 0.25) is 0 Å². The van der Waals surface area contributed by atoms with E-state index in [1.807, 2.05) is 0 Å². The van der Waals surface area contributed by atoms with E-state index in [1.165, 1.54) is 69.3 Å². The van der Waals surface area contributed by atoms with Crippen molar-refractivity contribution in [2.75, 3.05) is 6.61 Å². The molecule has 44 heavy (non-hydrogen) atoms. The topological polar surface area (TPSA) is 93.9 Å². The molecule has 0 aliphatic carbocycles. The largest absolute Gasteiger partial charge is 0.465 e. The van der Waals surface area contributed by atoms with Crippen molar-refractivity contribution in [3.63, 3.8) is 0 Å². The van der Waals surface area contributed by atoms with Gasteiger partial charge in [-0.2, -0.15) is 0 Å². The van der Waals surface area contributed by atoms with Gasteiger partial charge in [0.15, 0.2) is 6.29 Å². The Morgan fingerprint density at radius 1 is 0.909 bits per heavy atom. The van der Waals surface area contributed by atoms with Gasteiger partial charge < -0.3 is 14.5 Å². The number of unbranched alkanes of at least 4 members (excludes halogenated alkanes) is 8. The molecule has 5 unspecified atom stereocenters. The second-order valence-electron chi connectivity index (χ2n) is 15.4. The van der Waals surface area contributed by atoms with Crippen LogP contribution in [0.5, 0.6) is 0 Å². The smallest absolute Gasteiger partial charge is 0.316 e. The summed E-state index contributed by atoms with van der Waals surface area (Å²) < 4.78 is 5.92. The molecule has 0 aromatic heterocycles. The maximum absolute atomic E-state index is 13.3. The number of aliphatic imine (C=N–C) groups is 1. The Morgan fingerprint density at radius 2 is 1.64 bits per heavy atom. The molecule has 0 amide bonds. The van der Waals surface area contributed by atoms with Gasteiger partial charge in [-0.25, -0.2) is 10.1 Å². The van der Waals surface area contributed by atoms with Crippen LogP contribution in [0.15, 0.2) is 4.99 Å². The maximum atomic E-state index is 13.3. The number of hydrogen-bond acceptors (Lipinski definition) is 8. The lowest BCUT2D eigenvalue weighted by molar-refractivity contribution is -0.980. The number of esters is 1. The van der Waals surface area contributed by atoms with Crippen molar-refractivity contribution in [2.45, 2.75) is 197 Å². The number of nitrogens with one attached hydrogen (secondary N) is 3. The molecule has 6 aliphatic heterocycles. The van der Waals surface area contributed by atoms with Gasteiger partial charge in [0.1, 0.15) is 12.0 Å². The molecule has 5 saturated heterocycles. The zero-order valence-corrected chi connectivity index (χ0v) is 28.0. The van der Waals surface area contributed by atoms with Crippen LogP contribution in [0.4, 0.5) is 0 Å². The normalized spacial score (nSPS) is 39.2. The predicted octanol–water partition coefficient (Wildman–Crippen LogP) is 4.34. The van der Waals surface area contributed by atoms with Gasteiger partial charge in [-0.05, 0) is 58.8 Å². The standard InChI is InChI=1S/C35H62N6O3/c1-4-5-6-8-11-14-26-22-28-18-19-31-32(25(3)37-34(38-26)40(28)31)33(42)44-20-13-10-7-9-12-15-30-23-29-17-16-27-21-24(2)36-35(39(27)29)41(30)43/h24-32,34,37-38,43H,4-23H2,1-3H3/p+1/t24-,25?,26-,27+,28+,29+,30-,31?,32?,34?/m0/s1.